The number of hydrogen-bond acceptors (Lipinski definition) is 3. The zero-order valence-corrected chi connectivity index (χ0v) is 13.7. The van der Waals surface area contributed by atoms with Gasteiger partial charge < -0.3 is 5.32 Å². The SMILES string of the molecule is CNCc1cc(S(=O)(=O)NC2CC(C)C2)c(Cl)cc1Cl. The van der Waals surface area contributed by atoms with Crippen molar-refractivity contribution in [1.29, 1.82) is 0 Å². The molecular formula is C13H18Cl2N2O2S. The lowest BCUT2D eigenvalue weighted by Crippen LogP contribution is -2.43. The third-order valence-corrected chi connectivity index (χ3v) is 5.79. The highest BCUT2D eigenvalue weighted by Crippen LogP contribution is 2.31. The third-order valence-electron chi connectivity index (χ3n) is 3.45. The van der Waals surface area contributed by atoms with Gasteiger partial charge >= 0.3 is 0 Å². The highest BCUT2D eigenvalue weighted by Gasteiger charge is 2.31. The first-order valence-corrected chi connectivity index (χ1v) is 8.72. The molecule has 2 rings (SSSR count). The van der Waals surface area contributed by atoms with Gasteiger partial charge in [-0.15, -0.1) is 0 Å². The maximum atomic E-state index is 12.4. The van der Waals surface area contributed by atoms with E-state index in [-0.39, 0.29) is 16.0 Å². The molecule has 1 aliphatic carbocycles. The quantitative estimate of drug-likeness (QED) is 0.869. The summed E-state index contributed by atoms with van der Waals surface area (Å²) in [6.07, 6.45) is 1.74. The number of sulfonamides is 1. The van der Waals surface area contributed by atoms with E-state index in [1.54, 1.807) is 7.05 Å². The second-order valence-electron chi connectivity index (χ2n) is 5.30. The van der Waals surface area contributed by atoms with Gasteiger partial charge in [0, 0.05) is 17.6 Å². The largest absolute Gasteiger partial charge is 0.316 e. The molecule has 0 saturated heterocycles. The zero-order chi connectivity index (χ0) is 14.9. The molecule has 0 radical (unpaired) electrons. The molecule has 0 unspecified atom stereocenters. The second kappa shape index (κ2) is 6.20. The molecule has 1 saturated carbocycles. The van der Waals surface area contributed by atoms with Crippen molar-refractivity contribution in [2.24, 2.45) is 5.92 Å². The Morgan fingerprint density at radius 2 is 1.90 bits per heavy atom. The average molecular weight is 337 g/mol. The molecule has 0 spiro atoms. The van der Waals surface area contributed by atoms with Crippen molar-refractivity contribution in [3.05, 3.63) is 27.7 Å². The first kappa shape index (κ1) is 16.0. The Labute approximate surface area is 129 Å². The Hall–Kier alpha value is -0.330. The van der Waals surface area contributed by atoms with Gasteiger partial charge in [-0.1, -0.05) is 30.1 Å². The summed E-state index contributed by atoms with van der Waals surface area (Å²) in [6.45, 7) is 2.59. The monoisotopic (exact) mass is 336 g/mol. The summed E-state index contributed by atoms with van der Waals surface area (Å²) in [5.41, 5.74) is 0.709. The highest BCUT2D eigenvalue weighted by molar-refractivity contribution is 7.89. The van der Waals surface area contributed by atoms with Crippen LogP contribution in [0.2, 0.25) is 10.0 Å². The molecule has 0 amide bonds. The molecule has 1 fully saturated rings. The molecule has 20 heavy (non-hydrogen) atoms. The average Bonchev–Trinajstić information content (AvgIpc) is 2.30. The topological polar surface area (TPSA) is 58.2 Å². The van der Waals surface area contributed by atoms with Crippen LogP contribution in [-0.4, -0.2) is 21.5 Å². The van der Waals surface area contributed by atoms with E-state index in [1.165, 1.54) is 12.1 Å². The van der Waals surface area contributed by atoms with Gasteiger partial charge in [0.25, 0.3) is 0 Å². The van der Waals surface area contributed by atoms with Gasteiger partial charge in [0.05, 0.1) is 5.02 Å². The van der Waals surface area contributed by atoms with Crippen molar-refractivity contribution in [2.75, 3.05) is 7.05 Å². The first-order chi connectivity index (χ1) is 9.33. The smallest absolute Gasteiger partial charge is 0.242 e. The van der Waals surface area contributed by atoms with Crippen molar-refractivity contribution in [3.63, 3.8) is 0 Å². The van der Waals surface area contributed by atoms with Gasteiger partial charge in [-0.2, -0.15) is 0 Å². The van der Waals surface area contributed by atoms with Crippen molar-refractivity contribution in [3.8, 4) is 0 Å². The molecule has 4 nitrogen and oxygen atoms in total. The van der Waals surface area contributed by atoms with Crippen LogP contribution in [-0.2, 0) is 16.6 Å². The van der Waals surface area contributed by atoms with E-state index in [1.807, 2.05) is 0 Å². The van der Waals surface area contributed by atoms with Crippen LogP contribution >= 0.6 is 23.2 Å². The van der Waals surface area contributed by atoms with E-state index in [4.69, 9.17) is 23.2 Å². The number of nitrogens with one attached hydrogen (secondary N) is 2. The minimum Gasteiger partial charge on any atom is -0.316 e. The molecule has 1 aliphatic rings. The predicted octanol–water partition coefficient (Wildman–Crippen LogP) is 2.79. The third kappa shape index (κ3) is 3.46. The lowest BCUT2D eigenvalue weighted by molar-refractivity contribution is 0.270. The summed E-state index contributed by atoms with van der Waals surface area (Å²) in [7, 11) is -1.83. The standard InChI is InChI=1S/C13H18Cl2N2O2S/c1-8-3-10(4-8)17-20(18,19)13-5-9(7-16-2)11(14)6-12(13)15/h5-6,8,10,16-17H,3-4,7H2,1-2H3. The fraction of sp³-hybridized carbons (Fsp3) is 0.538. The number of halogens is 2. The molecule has 0 atom stereocenters. The summed E-state index contributed by atoms with van der Waals surface area (Å²) in [5, 5.41) is 3.56. The van der Waals surface area contributed by atoms with E-state index in [9.17, 15) is 8.42 Å². The van der Waals surface area contributed by atoms with Crippen LogP contribution in [0.3, 0.4) is 0 Å². The first-order valence-electron chi connectivity index (χ1n) is 6.48. The van der Waals surface area contributed by atoms with Crippen LogP contribution in [0.25, 0.3) is 0 Å². The van der Waals surface area contributed by atoms with E-state index in [2.05, 4.69) is 17.0 Å². The Bertz CT molecular complexity index is 599. The van der Waals surface area contributed by atoms with Gasteiger partial charge in [-0.25, -0.2) is 13.1 Å². The van der Waals surface area contributed by atoms with Gasteiger partial charge in [0.1, 0.15) is 4.90 Å². The van der Waals surface area contributed by atoms with E-state index in [0.717, 1.165) is 12.8 Å². The van der Waals surface area contributed by atoms with Crippen LogP contribution in [0.15, 0.2) is 17.0 Å². The number of benzene rings is 1. The molecule has 7 heteroatoms. The van der Waals surface area contributed by atoms with E-state index >= 15 is 0 Å². The van der Waals surface area contributed by atoms with Gasteiger partial charge in [-0.05, 0) is 43.5 Å². The fourth-order valence-corrected chi connectivity index (χ4v) is 4.51. The van der Waals surface area contributed by atoms with Crippen molar-refractivity contribution in [2.45, 2.75) is 37.2 Å². The molecule has 0 aliphatic heterocycles. The highest BCUT2D eigenvalue weighted by atomic mass is 35.5. The van der Waals surface area contributed by atoms with Crippen molar-refractivity contribution in [1.82, 2.24) is 10.0 Å². The second-order valence-corrected chi connectivity index (χ2v) is 7.80. The van der Waals surface area contributed by atoms with Gasteiger partial charge in [0.15, 0.2) is 0 Å². The van der Waals surface area contributed by atoms with Gasteiger partial charge in [-0.3, -0.25) is 0 Å². The fourth-order valence-electron chi connectivity index (χ4n) is 2.38. The summed E-state index contributed by atoms with van der Waals surface area (Å²) >= 11 is 12.1. The lowest BCUT2D eigenvalue weighted by atomic mass is 9.83. The minimum atomic E-state index is -3.60. The summed E-state index contributed by atoms with van der Waals surface area (Å²) < 4.78 is 27.4. The van der Waals surface area contributed by atoms with E-state index < -0.39 is 10.0 Å². The molecule has 0 heterocycles. The minimum absolute atomic E-state index is 0.00879. The number of hydrogen-bond donors (Lipinski definition) is 2. The Morgan fingerprint density at radius 1 is 1.25 bits per heavy atom. The van der Waals surface area contributed by atoms with Crippen molar-refractivity contribution < 1.29 is 8.42 Å². The van der Waals surface area contributed by atoms with Crippen LogP contribution in [0, 0.1) is 5.92 Å². The summed E-state index contributed by atoms with van der Waals surface area (Å²) in [6, 6.07) is 3.02. The zero-order valence-electron chi connectivity index (χ0n) is 11.4. The predicted molar refractivity (Wildman–Crippen MR) is 81.7 cm³/mol. The van der Waals surface area contributed by atoms with Crippen molar-refractivity contribution >= 4 is 33.2 Å². The maximum Gasteiger partial charge on any atom is 0.242 e. The van der Waals surface area contributed by atoms with Crippen LogP contribution in [0.4, 0.5) is 0 Å². The Morgan fingerprint density at radius 3 is 2.45 bits per heavy atom. The Kier molecular flexibility index (Phi) is 4.97. The molecular weight excluding hydrogens is 319 g/mol. The lowest BCUT2D eigenvalue weighted by Gasteiger charge is -2.33. The maximum absolute atomic E-state index is 12.4. The summed E-state index contributed by atoms with van der Waals surface area (Å²) in [4.78, 5) is 0.0911. The molecule has 1 aromatic carbocycles. The molecule has 2 N–H and O–H groups in total. The van der Waals surface area contributed by atoms with Crippen LogP contribution in [0.1, 0.15) is 25.3 Å². The summed E-state index contributed by atoms with van der Waals surface area (Å²) in [5.74, 6) is 0.572. The molecule has 0 bridgehead atoms. The molecule has 0 aromatic heterocycles. The molecule has 112 valence electrons. The Balaban J connectivity index is 2.28. The molecule has 1 aromatic rings. The van der Waals surface area contributed by atoms with Crippen LogP contribution in [0.5, 0.6) is 0 Å². The number of rotatable bonds is 5. The normalized spacial score (nSPS) is 22.6. The van der Waals surface area contributed by atoms with Crippen LogP contribution < -0.4 is 10.0 Å². The van der Waals surface area contributed by atoms with Gasteiger partial charge in [0.2, 0.25) is 10.0 Å². The van der Waals surface area contributed by atoms with E-state index in [0.29, 0.717) is 23.0 Å².